The van der Waals surface area contributed by atoms with E-state index in [1.54, 1.807) is 6.08 Å². The first kappa shape index (κ1) is 18.0. The van der Waals surface area contributed by atoms with E-state index in [1.165, 1.54) is 0 Å². The van der Waals surface area contributed by atoms with E-state index in [0.717, 1.165) is 32.5 Å². The monoisotopic (exact) mass is 312 g/mol. The van der Waals surface area contributed by atoms with Crippen LogP contribution in [0.25, 0.3) is 0 Å². The standard InChI is InChI=1S/C17H30BFO3/c1-15(2,11-13-7-9-20-10-8-13)12-14(19)18-21-16(3,4)17(5,6)22-18/h12-13H,7-11H2,1-6H3. The molecular weight excluding hydrogens is 282 g/mol. The van der Waals surface area contributed by atoms with Crippen LogP contribution >= 0.6 is 0 Å². The van der Waals surface area contributed by atoms with Crippen LogP contribution < -0.4 is 0 Å². The molecule has 126 valence electrons. The van der Waals surface area contributed by atoms with Gasteiger partial charge in [0.25, 0.3) is 0 Å². The summed E-state index contributed by atoms with van der Waals surface area (Å²) in [6, 6.07) is 0. The molecule has 22 heavy (non-hydrogen) atoms. The van der Waals surface area contributed by atoms with Crippen molar-refractivity contribution in [1.82, 2.24) is 0 Å². The molecular formula is C17H30BFO3. The minimum absolute atomic E-state index is 0.213. The molecule has 0 atom stereocenters. The second kappa shape index (κ2) is 6.25. The maximum atomic E-state index is 14.6. The molecule has 0 aromatic heterocycles. The van der Waals surface area contributed by atoms with Crippen LogP contribution in [0.2, 0.25) is 0 Å². The van der Waals surface area contributed by atoms with Crippen molar-refractivity contribution in [2.75, 3.05) is 13.2 Å². The molecule has 3 nitrogen and oxygen atoms in total. The van der Waals surface area contributed by atoms with Crippen LogP contribution in [-0.2, 0) is 14.0 Å². The lowest BCUT2D eigenvalue weighted by Crippen LogP contribution is -2.41. The summed E-state index contributed by atoms with van der Waals surface area (Å²) in [6.45, 7) is 13.6. The van der Waals surface area contributed by atoms with Crippen molar-refractivity contribution in [3.05, 3.63) is 11.8 Å². The largest absolute Gasteiger partial charge is 0.524 e. The van der Waals surface area contributed by atoms with Crippen LogP contribution in [0.3, 0.4) is 0 Å². The summed E-state index contributed by atoms with van der Waals surface area (Å²) >= 11 is 0. The summed E-state index contributed by atoms with van der Waals surface area (Å²) in [6.07, 6.45) is 4.78. The van der Waals surface area contributed by atoms with Crippen molar-refractivity contribution < 1.29 is 18.4 Å². The fraction of sp³-hybridized carbons (Fsp3) is 0.882. The number of hydrogen-bond acceptors (Lipinski definition) is 3. The van der Waals surface area contributed by atoms with Gasteiger partial charge in [-0.2, -0.15) is 0 Å². The summed E-state index contributed by atoms with van der Waals surface area (Å²) in [5.41, 5.74) is -1.53. The first-order valence-corrected chi connectivity index (χ1v) is 8.34. The Morgan fingerprint density at radius 3 is 2.14 bits per heavy atom. The molecule has 0 saturated carbocycles. The van der Waals surface area contributed by atoms with E-state index in [2.05, 4.69) is 13.8 Å². The minimum Gasteiger partial charge on any atom is -0.398 e. The normalized spacial score (nSPS) is 26.5. The quantitative estimate of drug-likeness (QED) is 0.724. The van der Waals surface area contributed by atoms with Crippen LogP contribution in [0, 0.1) is 11.3 Å². The lowest BCUT2D eigenvalue weighted by molar-refractivity contribution is 0.00578. The molecule has 0 aromatic carbocycles. The first-order valence-electron chi connectivity index (χ1n) is 8.34. The molecule has 2 aliphatic heterocycles. The van der Waals surface area contributed by atoms with Crippen LogP contribution in [0.5, 0.6) is 0 Å². The predicted molar refractivity (Wildman–Crippen MR) is 87.2 cm³/mol. The summed E-state index contributed by atoms with van der Waals surface area (Å²) in [5.74, 6) is 0.603. The van der Waals surface area contributed by atoms with Crippen LogP contribution in [0.15, 0.2) is 11.8 Å². The van der Waals surface area contributed by atoms with Crippen molar-refractivity contribution in [1.29, 1.82) is 0 Å². The molecule has 2 saturated heterocycles. The van der Waals surface area contributed by atoms with Gasteiger partial charge in [0.2, 0.25) is 0 Å². The van der Waals surface area contributed by atoms with Gasteiger partial charge in [0, 0.05) is 13.2 Å². The first-order chi connectivity index (χ1) is 10.0. The highest BCUT2D eigenvalue weighted by atomic mass is 19.1. The van der Waals surface area contributed by atoms with Crippen LogP contribution in [0.1, 0.15) is 60.8 Å². The second-order valence-corrected chi connectivity index (χ2v) is 8.37. The fourth-order valence-corrected chi connectivity index (χ4v) is 3.15. The molecule has 0 radical (unpaired) electrons. The molecule has 0 aliphatic carbocycles. The Labute approximate surface area is 134 Å². The summed E-state index contributed by atoms with van der Waals surface area (Å²) in [5, 5.41) is 0. The van der Waals surface area contributed by atoms with E-state index in [-0.39, 0.29) is 11.1 Å². The molecule has 0 spiro atoms. The maximum absolute atomic E-state index is 14.6. The highest BCUT2D eigenvalue weighted by molar-refractivity contribution is 6.53. The van der Waals surface area contributed by atoms with Gasteiger partial charge >= 0.3 is 7.12 Å². The topological polar surface area (TPSA) is 27.7 Å². The average Bonchev–Trinajstić information content (AvgIpc) is 2.58. The third-order valence-electron chi connectivity index (χ3n) is 5.16. The smallest absolute Gasteiger partial charge is 0.398 e. The molecule has 5 heteroatoms. The lowest BCUT2D eigenvalue weighted by atomic mass is 9.76. The van der Waals surface area contributed by atoms with Crippen LogP contribution in [0.4, 0.5) is 4.39 Å². The van der Waals surface area contributed by atoms with Crippen molar-refractivity contribution in [2.45, 2.75) is 72.0 Å². The van der Waals surface area contributed by atoms with Gasteiger partial charge in [0.1, 0.15) is 5.73 Å². The molecule has 2 aliphatic rings. The van der Waals surface area contributed by atoms with Gasteiger partial charge in [-0.1, -0.05) is 19.9 Å². The molecule has 2 fully saturated rings. The van der Waals surface area contributed by atoms with Gasteiger partial charge in [0.15, 0.2) is 0 Å². The Hall–Kier alpha value is -0.385. The summed E-state index contributed by atoms with van der Waals surface area (Å²) in [7, 11) is -0.890. The molecule has 2 rings (SSSR count). The third-order valence-corrected chi connectivity index (χ3v) is 5.16. The molecule has 0 bridgehead atoms. The highest BCUT2D eigenvalue weighted by Crippen LogP contribution is 2.40. The molecule has 0 N–H and O–H groups in total. The van der Waals surface area contributed by atoms with Crippen molar-refractivity contribution in [3.8, 4) is 0 Å². The Morgan fingerprint density at radius 1 is 1.14 bits per heavy atom. The highest BCUT2D eigenvalue weighted by Gasteiger charge is 2.53. The van der Waals surface area contributed by atoms with E-state index in [1.807, 2.05) is 27.7 Å². The Bertz CT molecular complexity index is 410. The van der Waals surface area contributed by atoms with Gasteiger partial charge in [-0.05, 0) is 58.3 Å². The van der Waals surface area contributed by atoms with E-state index >= 15 is 0 Å². The van der Waals surface area contributed by atoms with Gasteiger partial charge in [-0.3, -0.25) is 0 Å². The molecule has 0 unspecified atom stereocenters. The van der Waals surface area contributed by atoms with Gasteiger partial charge in [-0.25, -0.2) is 4.39 Å². The van der Waals surface area contributed by atoms with Gasteiger partial charge < -0.3 is 14.0 Å². The van der Waals surface area contributed by atoms with Gasteiger partial charge in [-0.15, -0.1) is 0 Å². The van der Waals surface area contributed by atoms with Crippen molar-refractivity contribution >= 4 is 7.12 Å². The lowest BCUT2D eigenvalue weighted by Gasteiger charge is -2.32. The maximum Gasteiger partial charge on any atom is 0.524 e. The van der Waals surface area contributed by atoms with E-state index in [0.29, 0.717) is 5.92 Å². The number of halogens is 1. The second-order valence-electron chi connectivity index (χ2n) is 8.37. The SMILES string of the molecule is CC(C)(C=C(F)B1OC(C)(C)C(C)(C)O1)CC1CCOCC1. The molecule has 0 amide bonds. The van der Waals surface area contributed by atoms with Crippen LogP contribution in [-0.4, -0.2) is 31.5 Å². The Balaban J connectivity index is 2.01. The zero-order chi connectivity index (χ0) is 16.6. The van der Waals surface area contributed by atoms with Crippen molar-refractivity contribution in [3.63, 3.8) is 0 Å². The third kappa shape index (κ3) is 4.12. The fourth-order valence-electron chi connectivity index (χ4n) is 3.15. The zero-order valence-corrected chi connectivity index (χ0v) is 14.9. The predicted octanol–water partition coefficient (Wildman–Crippen LogP) is 4.31. The van der Waals surface area contributed by atoms with Gasteiger partial charge in [0.05, 0.1) is 11.2 Å². The molecule has 2 heterocycles. The molecule has 0 aromatic rings. The minimum atomic E-state index is -0.890. The summed E-state index contributed by atoms with van der Waals surface area (Å²) < 4.78 is 31.6. The van der Waals surface area contributed by atoms with E-state index in [4.69, 9.17) is 14.0 Å². The zero-order valence-electron chi connectivity index (χ0n) is 14.9. The van der Waals surface area contributed by atoms with E-state index in [9.17, 15) is 4.39 Å². The number of rotatable bonds is 4. The Kier molecular flexibility index (Phi) is 5.11. The summed E-state index contributed by atoms with van der Waals surface area (Å²) in [4.78, 5) is 0. The number of hydrogen-bond donors (Lipinski definition) is 0. The number of ether oxygens (including phenoxy) is 1. The van der Waals surface area contributed by atoms with E-state index < -0.39 is 18.3 Å². The number of allylic oxidation sites excluding steroid dienone is 1. The average molecular weight is 312 g/mol. The Morgan fingerprint density at radius 2 is 1.64 bits per heavy atom. The van der Waals surface area contributed by atoms with Crippen molar-refractivity contribution in [2.24, 2.45) is 11.3 Å².